The predicted octanol–water partition coefficient (Wildman–Crippen LogP) is 2.64. The van der Waals surface area contributed by atoms with Crippen LogP contribution in [0.1, 0.15) is 47.8 Å². The van der Waals surface area contributed by atoms with Crippen molar-refractivity contribution in [1.29, 1.82) is 0 Å². The van der Waals surface area contributed by atoms with E-state index < -0.39 is 0 Å². The maximum absolute atomic E-state index is 13.6. The van der Waals surface area contributed by atoms with Crippen LogP contribution in [0.2, 0.25) is 0 Å². The molecular formula is C26H31N7O2. The number of hydrogen-bond acceptors (Lipinski definition) is 6. The molecule has 1 fully saturated rings. The quantitative estimate of drug-likeness (QED) is 0.581. The summed E-state index contributed by atoms with van der Waals surface area (Å²) in [5.74, 6) is -0.136. The highest BCUT2D eigenvalue weighted by atomic mass is 16.2. The minimum atomic E-state index is -0.147. The highest BCUT2D eigenvalue weighted by molar-refractivity contribution is 5.93. The van der Waals surface area contributed by atoms with Crippen LogP contribution >= 0.6 is 0 Å². The normalized spacial score (nSPS) is 20.9. The van der Waals surface area contributed by atoms with E-state index in [0.29, 0.717) is 31.4 Å². The molecule has 182 valence electrons. The molecule has 0 spiro atoms. The average Bonchev–Trinajstić information content (AvgIpc) is 3.45. The minimum absolute atomic E-state index is 0.0110. The Morgan fingerprint density at radius 1 is 1.06 bits per heavy atom. The van der Waals surface area contributed by atoms with E-state index >= 15 is 0 Å². The fraction of sp³-hybridized carbons (Fsp3) is 0.423. The van der Waals surface area contributed by atoms with E-state index in [1.54, 1.807) is 31.0 Å². The monoisotopic (exact) mass is 473 g/mol. The Labute approximate surface area is 205 Å². The minimum Gasteiger partial charge on any atom is -0.331 e. The highest BCUT2D eigenvalue weighted by Gasteiger charge is 2.37. The molecule has 0 radical (unpaired) electrons. The summed E-state index contributed by atoms with van der Waals surface area (Å²) in [5.41, 5.74) is 3.31. The van der Waals surface area contributed by atoms with Crippen LogP contribution < -0.4 is 4.90 Å². The number of carbonyl (C=O) groups excluding carboxylic acids is 2. The van der Waals surface area contributed by atoms with Crippen molar-refractivity contribution >= 4 is 17.5 Å². The van der Waals surface area contributed by atoms with Crippen molar-refractivity contribution in [3.63, 3.8) is 0 Å². The molecule has 35 heavy (non-hydrogen) atoms. The van der Waals surface area contributed by atoms with Crippen LogP contribution in [0.3, 0.4) is 0 Å². The third kappa shape index (κ3) is 4.95. The van der Waals surface area contributed by atoms with Gasteiger partial charge in [-0.2, -0.15) is 0 Å². The van der Waals surface area contributed by atoms with Crippen LogP contribution in [0.15, 0.2) is 55.0 Å². The summed E-state index contributed by atoms with van der Waals surface area (Å²) in [6.07, 6.45) is 8.26. The van der Waals surface area contributed by atoms with Gasteiger partial charge in [0.05, 0.1) is 6.20 Å². The Balaban J connectivity index is 1.53. The molecule has 9 heteroatoms. The summed E-state index contributed by atoms with van der Waals surface area (Å²) in [6, 6.07) is 12.5. The number of aromatic nitrogens is 4. The van der Waals surface area contributed by atoms with Gasteiger partial charge in [-0.15, -0.1) is 5.10 Å². The predicted molar refractivity (Wildman–Crippen MR) is 131 cm³/mol. The first-order valence-electron chi connectivity index (χ1n) is 12.2. The van der Waals surface area contributed by atoms with Gasteiger partial charge in [0.25, 0.3) is 5.91 Å². The number of anilines is 1. The SMILES string of the molecule is CC(=O)N1CCC2CCC(CN(C(=O)c3cn(C)nn3)Cc3ccccc31)N2Cc1cccnc1. The molecule has 0 N–H and O–H groups in total. The number of fused-ring (bicyclic) bond motifs is 3. The van der Waals surface area contributed by atoms with Crippen molar-refractivity contribution in [2.75, 3.05) is 18.0 Å². The summed E-state index contributed by atoms with van der Waals surface area (Å²) < 4.78 is 1.55. The molecule has 2 aliphatic heterocycles. The number of nitrogens with zero attached hydrogens (tertiary/aromatic N) is 7. The smallest absolute Gasteiger partial charge is 0.276 e. The molecule has 0 aliphatic carbocycles. The number of aryl methyl sites for hydroxylation is 1. The zero-order valence-electron chi connectivity index (χ0n) is 20.2. The summed E-state index contributed by atoms with van der Waals surface area (Å²) >= 11 is 0. The highest BCUT2D eigenvalue weighted by Crippen LogP contribution is 2.32. The number of benzene rings is 1. The van der Waals surface area contributed by atoms with E-state index in [9.17, 15) is 9.59 Å². The van der Waals surface area contributed by atoms with Crippen molar-refractivity contribution < 1.29 is 9.59 Å². The zero-order chi connectivity index (χ0) is 24.4. The molecular weight excluding hydrogens is 442 g/mol. The molecule has 4 heterocycles. The van der Waals surface area contributed by atoms with Crippen LogP contribution in [0.4, 0.5) is 5.69 Å². The first kappa shape index (κ1) is 23.2. The van der Waals surface area contributed by atoms with Gasteiger partial charge in [0, 0.05) is 70.3 Å². The fourth-order valence-corrected chi connectivity index (χ4v) is 5.40. The molecule has 2 bridgehead atoms. The Bertz CT molecular complexity index is 1200. The van der Waals surface area contributed by atoms with Gasteiger partial charge in [-0.1, -0.05) is 29.5 Å². The lowest BCUT2D eigenvalue weighted by Gasteiger charge is -2.33. The van der Waals surface area contributed by atoms with Crippen LogP contribution in [-0.4, -0.2) is 66.8 Å². The van der Waals surface area contributed by atoms with Gasteiger partial charge in [0.1, 0.15) is 0 Å². The zero-order valence-corrected chi connectivity index (χ0v) is 20.2. The molecule has 2 amide bonds. The number of pyridine rings is 1. The Morgan fingerprint density at radius 2 is 1.89 bits per heavy atom. The Hall–Kier alpha value is -3.59. The molecule has 2 aromatic heterocycles. The number of carbonyl (C=O) groups is 2. The molecule has 1 aromatic carbocycles. The third-order valence-corrected chi connectivity index (χ3v) is 7.11. The van der Waals surface area contributed by atoms with Gasteiger partial charge in [0.15, 0.2) is 5.69 Å². The van der Waals surface area contributed by atoms with Gasteiger partial charge in [-0.05, 0) is 42.5 Å². The van der Waals surface area contributed by atoms with Crippen molar-refractivity contribution in [3.8, 4) is 0 Å². The second-order valence-electron chi connectivity index (χ2n) is 9.47. The van der Waals surface area contributed by atoms with Gasteiger partial charge in [0.2, 0.25) is 5.91 Å². The molecule has 2 aliphatic rings. The lowest BCUT2D eigenvalue weighted by molar-refractivity contribution is -0.116. The second kappa shape index (κ2) is 9.95. The Morgan fingerprint density at radius 3 is 2.63 bits per heavy atom. The van der Waals surface area contributed by atoms with Crippen molar-refractivity contribution in [2.45, 2.75) is 51.4 Å². The lowest BCUT2D eigenvalue weighted by atomic mass is 10.1. The number of hydrogen-bond donors (Lipinski definition) is 0. The van der Waals surface area contributed by atoms with E-state index in [1.807, 2.05) is 46.3 Å². The van der Waals surface area contributed by atoms with Gasteiger partial charge >= 0.3 is 0 Å². The molecule has 2 atom stereocenters. The van der Waals surface area contributed by atoms with E-state index in [-0.39, 0.29) is 17.9 Å². The maximum atomic E-state index is 13.6. The lowest BCUT2D eigenvalue weighted by Crippen LogP contribution is -2.45. The van der Waals surface area contributed by atoms with Crippen LogP contribution in [-0.2, 0) is 24.9 Å². The first-order valence-corrected chi connectivity index (χ1v) is 12.2. The van der Waals surface area contributed by atoms with E-state index in [1.165, 1.54) is 0 Å². The van der Waals surface area contributed by atoms with Crippen molar-refractivity contribution in [1.82, 2.24) is 29.8 Å². The molecule has 5 rings (SSSR count). The summed E-state index contributed by atoms with van der Waals surface area (Å²) in [7, 11) is 1.76. The molecule has 1 saturated heterocycles. The van der Waals surface area contributed by atoms with E-state index in [4.69, 9.17) is 0 Å². The fourth-order valence-electron chi connectivity index (χ4n) is 5.40. The second-order valence-corrected chi connectivity index (χ2v) is 9.47. The van der Waals surface area contributed by atoms with Crippen molar-refractivity contribution in [2.24, 2.45) is 7.05 Å². The van der Waals surface area contributed by atoms with Gasteiger partial charge in [-0.3, -0.25) is 24.2 Å². The Kier molecular flexibility index (Phi) is 6.59. The van der Waals surface area contributed by atoms with Gasteiger partial charge < -0.3 is 9.80 Å². The van der Waals surface area contributed by atoms with E-state index in [0.717, 1.165) is 42.6 Å². The third-order valence-electron chi connectivity index (χ3n) is 7.11. The summed E-state index contributed by atoms with van der Waals surface area (Å²) in [5, 5.41) is 8.06. The summed E-state index contributed by atoms with van der Waals surface area (Å²) in [6.45, 7) is 4.01. The van der Waals surface area contributed by atoms with Crippen molar-refractivity contribution in [3.05, 3.63) is 71.8 Å². The molecule has 3 aromatic rings. The average molecular weight is 474 g/mol. The van der Waals surface area contributed by atoms with Gasteiger partial charge in [-0.25, -0.2) is 0 Å². The topological polar surface area (TPSA) is 87.5 Å². The largest absolute Gasteiger partial charge is 0.331 e. The van der Waals surface area contributed by atoms with Crippen LogP contribution in [0.5, 0.6) is 0 Å². The maximum Gasteiger partial charge on any atom is 0.276 e. The molecule has 9 nitrogen and oxygen atoms in total. The number of amides is 2. The molecule has 2 unspecified atom stereocenters. The number of para-hydroxylation sites is 1. The standard InChI is InChI=1S/C26H31N7O2/c1-19(34)32-13-11-22-9-10-23(33(22)15-20-6-5-12-27-14-20)17-31(16-21-7-3-4-8-25(21)32)26(35)24-18-30(2)29-28-24/h3-8,12,14,18,22-23H,9-11,13,15-17H2,1-2H3. The number of rotatable bonds is 3. The first-order chi connectivity index (χ1) is 17.0. The van der Waals surface area contributed by atoms with E-state index in [2.05, 4.69) is 26.3 Å². The van der Waals surface area contributed by atoms with Crippen LogP contribution in [0, 0.1) is 0 Å². The van der Waals surface area contributed by atoms with Crippen LogP contribution in [0.25, 0.3) is 0 Å². The molecule has 0 saturated carbocycles. The summed E-state index contributed by atoms with van der Waals surface area (Å²) in [4.78, 5) is 36.9.